The molecule has 0 aliphatic heterocycles. The van der Waals surface area contributed by atoms with Crippen LogP contribution in [0.4, 0.5) is 4.39 Å². The number of carboxylic acid groups (broad SMARTS) is 1. The molecule has 5 heteroatoms. The minimum Gasteiger partial charge on any atom is -0.477 e. The number of hydrogen-bond donors (Lipinski definition) is 1. The van der Waals surface area contributed by atoms with E-state index in [2.05, 4.69) is 9.97 Å². The molecule has 0 atom stereocenters. The minimum absolute atomic E-state index is 0.117. The highest BCUT2D eigenvalue weighted by Gasteiger charge is 2.09. The number of carboxylic acids is 1. The predicted molar refractivity (Wildman–Crippen MR) is 54.4 cm³/mol. The first-order valence-corrected chi connectivity index (χ1v) is 4.49. The molecule has 0 aromatic carbocycles. The van der Waals surface area contributed by atoms with Gasteiger partial charge >= 0.3 is 5.97 Å². The number of carbonyl (C=O) groups is 1. The highest BCUT2D eigenvalue weighted by atomic mass is 19.1. The van der Waals surface area contributed by atoms with Gasteiger partial charge < -0.3 is 5.11 Å². The summed E-state index contributed by atoms with van der Waals surface area (Å²) in [5.74, 6) is -1.67. The van der Waals surface area contributed by atoms with Gasteiger partial charge in [0.2, 0.25) is 0 Å². The number of hydrogen-bond acceptors (Lipinski definition) is 3. The smallest absolute Gasteiger partial charge is 0.354 e. The van der Waals surface area contributed by atoms with Gasteiger partial charge in [-0.3, -0.25) is 4.98 Å². The van der Waals surface area contributed by atoms with Crippen molar-refractivity contribution in [1.82, 2.24) is 9.97 Å². The van der Waals surface area contributed by atoms with Gasteiger partial charge in [0, 0.05) is 11.8 Å². The molecule has 2 aromatic rings. The number of aromatic nitrogens is 2. The van der Waals surface area contributed by atoms with Gasteiger partial charge in [0.25, 0.3) is 0 Å². The average molecular weight is 218 g/mol. The van der Waals surface area contributed by atoms with Gasteiger partial charge in [-0.1, -0.05) is 6.07 Å². The lowest BCUT2D eigenvalue weighted by atomic mass is 10.1. The molecule has 0 saturated carbocycles. The summed E-state index contributed by atoms with van der Waals surface area (Å²) >= 11 is 0. The standard InChI is InChI=1S/C11H7FN2O2/c12-8-6-13-5-4-7(8)9-2-1-3-10(14-9)11(15)16/h1-6H,(H,15,16). The Kier molecular flexibility index (Phi) is 2.59. The average Bonchev–Trinajstić information content (AvgIpc) is 2.30. The van der Waals surface area contributed by atoms with Crippen LogP contribution in [0, 0.1) is 5.82 Å². The maximum atomic E-state index is 13.4. The van der Waals surface area contributed by atoms with Crippen LogP contribution in [0.1, 0.15) is 10.5 Å². The Balaban J connectivity index is 2.53. The summed E-state index contributed by atoms with van der Waals surface area (Å²) in [5, 5.41) is 8.76. The lowest BCUT2D eigenvalue weighted by Crippen LogP contribution is -2.01. The van der Waals surface area contributed by atoms with Crippen molar-refractivity contribution < 1.29 is 14.3 Å². The summed E-state index contributed by atoms with van der Waals surface area (Å²) in [6.07, 6.45) is 2.48. The van der Waals surface area contributed by atoms with Crippen molar-refractivity contribution >= 4 is 5.97 Å². The van der Waals surface area contributed by atoms with E-state index >= 15 is 0 Å². The lowest BCUT2D eigenvalue weighted by Gasteiger charge is -2.02. The number of nitrogens with zero attached hydrogens (tertiary/aromatic N) is 2. The van der Waals surface area contributed by atoms with Crippen molar-refractivity contribution in [3.63, 3.8) is 0 Å². The van der Waals surface area contributed by atoms with Crippen LogP contribution >= 0.6 is 0 Å². The van der Waals surface area contributed by atoms with Gasteiger partial charge in [0.05, 0.1) is 11.9 Å². The molecule has 0 saturated heterocycles. The molecule has 0 radical (unpaired) electrons. The zero-order valence-corrected chi connectivity index (χ0v) is 8.09. The third-order valence-corrected chi connectivity index (χ3v) is 2.02. The van der Waals surface area contributed by atoms with Gasteiger partial charge in [-0.15, -0.1) is 0 Å². The zero-order valence-electron chi connectivity index (χ0n) is 8.09. The molecule has 4 nitrogen and oxygen atoms in total. The lowest BCUT2D eigenvalue weighted by molar-refractivity contribution is 0.0690. The molecule has 80 valence electrons. The molecular formula is C11H7FN2O2. The Morgan fingerprint density at radius 2 is 2.12 bits per heavy atom. The highest BCUT2D eigenvalue weighted by Crippen LogP contribution is 2.19. The highest BCUT2D eigenvalue weighted by molar-refractivity contribution is 5.86. The molecule has 2 rings (SSSR count). The van der Waals surface area contributed by atoms with Gasteiger partial charge in [0.15, 0.2) is 5.82 Å². The van der Waals surface area contributed by atoms with Crippen molar-refractivity contribution in [2.75, 3.05) is 0 Å². The van der Waals surface area contributed by atoms with Crippen LogP contribution < -0.4 is 0 Å². The molecule has 0 aliphatic carbocycles. The summed E-state index contributed by atoms with van der Waals surface area (Å²) in [5.41, 5.74) is 0.395. The monoisotopic (exact) mass is 218 g/mol. The maximum Gasteiger partial charge on any atom is 0.354 e. The van der Waals surface area contributed by atoms with Gasteiger partial charge in [-0.05, 0) is 18.2 Å². The van der Waals surface area contributed by atoms with Crippen LogP contribution in [0.3, 0.4) is 0 Å². The van der Waals surface area contributed by atoms with E-state index in [1.54, 1.807) is 6.07 Å². The third-order valence-electron chi connectivity index (χ3n) is 2.02. The van der Waals surface area contributed by atoms with Gasteiger partial charge in [0.1, 0.15) is 5.69 Å². The molecule has 0 unspecified atom stereocenters. The molecule has 0 bridgehead atoms. The number of pyridine rings is 2. The maximum absolute atomic E-state index is 13.4. The van der Waals surface area contributed by atoms with E-state index in [1.807, 2.05) is 0 Å². The van der Waals surface area contributed by atoms with Gasteiger partial charge in [-0.25, -0.2) is 14.2 Å². The van der Waals surface area contributed by atoms with Crippen LogP contribution in [0.15, 0.2) is 36.7 Å². The Labute approximate surface area is 90.4 Å². The fourth-order valence-electron chi connectivity index (χ4n) is 1.29. The van der Waals surface area contributed by atoms with E-state index in [0.717, 1.165) is 6.20 Å². The normalized spacial score (nSPS) is 10.1. The van der Waals surface area contributed by atoms with Crippen LogP contribution in [0.25, 0.3) is 11.3 Å². The van der Waals surface area contributed by atoms with Crippen LogP contribution in [-0.4, -0.2) is 21.0 Å². The predicted octanol–water partition coefficient (Wildman–Crippen LogP) is 1.98. The molecular weight excluding hydrogens is 211 g/mol. The van der Waals surface area contributed by atoms with Crippen molar-refractivity contribution in [2.24, 2.45) is 0 Å². The second-order valence-corrected chi connectivity index (χ2v) is 3.07. The summed E-state index contributed by atoms with van der Waals surface area (Å²) in [6, 6.07) is 5.87. The summed E-state index contributed by atoms with van der Waals surface area (Å²) in [7, 11) is 0. The van der Waals surface area contributed by atoms with E-state index in [0.29, 0.717) is 0 Å². The van der Waals surface area contributed by atoms with E-state index in [1.165, 1.54) is 24.4 Å². The first kappa shape index (κ1) is 10.2. The van der Waals surface area contributed by atoms with E-state index in [-0.39, 0.29) is 17.0 Å². The van der Waals surface area contributed by atoms with E-state index in [9.17, 15) is 9.18 Å². The second kappa shape index (κ2) is 4.06. The molecule has 2 heterocycles. The molecule has 1 N–H and O–H groups in total. The van der Waals surface area contributed by atoms with Crippen LogP contribution in [0.2, 0.25) is 0 Å². The summed E-state index contributed by atoms with van der Waals surface area (Å²) in [6.45, 7) is 0. The van der Waals surface area contributed by atoms with Crippen molar-refractivity contribution in [3.05, 3.63) is 48.2 Å². The first-order chi connectivity index (χ1) is 7.68. The van der Waals surface area contributed by atoms with E-state index in [4.69, 9.17) is 5.11 Å². The topological polar surface area (TPSA) is 63.1 Å². The molecule has 0 spiro atoms. The molecule has 16 heavy (non-hydrogen) atoms. The molecule has 0 amide bonds. The Hall–Kier alpha value is -2.30. The molecule has 0 fully saturated rings. The van der Waals surface area contributed by atoms with Crippen molar-refractivity contribution in [2.45, 2.75) is 0 Å². The Morgan fingerprint density at radius 3 is 2.81 bits per heavy atom. The van der Waals surface area contributed by atoms with E-state index < -0.39 is 11.8 Å². The summed E-state index contributed by atoms with van der Waals surface area (Å²) < 4.78 is 13.4. The number of rotatable bonds is 2. The molecule has 0 aliphatic rings. The quantitative estimate of drug-likeness (QED) is 0.837. The van der Waals surface area contributed by atoms with Crippen LogP contribution in [0.5, 0.6) is 0 Å². The summed E-state index contributed by atoms with van der Waals surface area (Å²) in [4.78, 5) is 18.1. The Bertz CT molecular complexity index is 543. The zero-order chi connectivity index (χ0) is 11.5. The second-order valence-electron chi connectivity index (χ2n) is 3.07. The number of aromatic carboxylic acids is 1. The fraction of sp³-hybridized carbons (Fsp3) is 0. The third kappa shape index (κ3) is 1.88. The SMILES string of the molecule is O=C(O)c1cccc(-c2ccncc2F)n1. The van der Waals surface area contributed by atoms with Crippen LogP contribution in [-0.2, 0) is 0 Å². The van der Waals surface area contributed by atoms with Crippen molar-refractivity contribution in [3.8, 4) is 11.3 Å². The minimum atomic E-state index is -1.14. The van der Waals surface area contributed by atoms with Crippen molar-refractivity contribution in [1.29, 1.82) is 0 Å². The number of halogens is 1. The first-order valence-electron chi connectivity index (χ1n) is 4.49. The largest absolute Gasteiger partial charge is 0.477 e. The fourth-order valence-corrected chi connectivity index (χ4v) is 1.29. The Morgan fingerprint density at radius 1 is 1.31 bits per heavy atom. The molecule has 2 aromatic heterocycles. The van der Waals surface area contributed by atoms with Gasteiger partial charge in [-0.2, -0.15) is 0 Å².